The summed E-state index contributed by atoms with van der Waals surface area (Å²) < 4.78 is 11.0. The van der Waals surface area contributed by atoms with E-state index < -0.39 is 4.92 Å². The number of ether oxygens (including phenoxy) is 2. The van der Waals surface area contributed by atoms with Gasteiger partial charge in [-0.05, 0) is 42.8 Å². The number of benzene rings is 2. The standard InChI is InChI=1S/C21H26N2O5/c1-2-3-4-5-6-15-27-19-11-7-17(8-12-19)22-21(24)16-28-20-13-9-18(10-14-20)23(25)26/h7-14H,2-6,15-16H2,1H3,(H,22,24). The summed E-state index contributed by atoms with van der Waals surface area (Å²) >= 11 is 0. The number of nitrogens with zero attached hydrogens (tertiary/aromatic N) is 1. The smallest absolute Gasteiger partial charge is 0.269 e. The van der Waals surface area contributed by atoms with Crippen molar-refractivity contribution < 1.29 is 19.2 Å². The van der Waals surface area contributed by atoms with Crippen LogP contribution in [-0.4, -0.2) is 24.0 Å². The minimum atomic E-state index is -0.490. The summed E-state index contributed by atoms with van der Waals surface area (Å²) in [6.45, 7) is 2.70. The summed E-state index contributed by atoms with van der Waals surface area (Å²) in [7, 11) is 0. The molecule has 0 aliphatic heterocycles. The molecule has 0 aromatic heterocycles. The predicted octanol–water partition coefficient (Wildman–Crippen LogP) is 4.96. The monoisotopic (exact) mass is 386 g/mol. The molecule has 0 atom stereocenters. The largest absolute Gasteiger partial charge is 0.494 e. The molecule has 0 unspecified atom stereocenters. The predicted molar refractivity (Wildman–Crippen MR) is 108 cm³/mol. The van der Waals surface area contributed by atoms with Gasteiger partial charge < -0.3 is 14.8 Å². The van der Waals surface area contributed by atoms with Crippen LogP contribution in [-0.2, 0) is 4.79 Å². The Bertz CT molecular complexity index is 744. The Balaban J connectivity index is 1.69. The van der Waals surface area contributed by atoms with Crippen molar-refractivity contribution in [2.45, 2.75) is 39.0 Å². The van der Waals surface area contributed by atoms with E-state index in [-0.39, 0.29) is 18.2 Å². The molecule has 0 bridgehead atoms. The summed E-state index contributed by atoms with van der Waals surface area (Å²) in [5, 5.41) is 13.3. The highest BCUT2D eigenvalue weighted by molar-refractivity contribution is 5.91. The van der Waals surface area contributed by atoms with Crippen LogP contribution < -0.4 is 14.8 Å². The lowest BCUT2D eigenvalue weighted by Gasteiger charge is -2.09. The number of hydrogen-bond acceptors (Lipinski definition) is 5. The van der Waals surface area contributed by atoms with Crippen LogP contribution >= 0.6 is 0 Å². The molecule has 1 N–H and O–H groups in total. The van der Waals surface area contributed by atoms with E-state index in [1.54, 1.807) is 12.1 Å². The lowest BCUT2D eigenvalue weighted by atomic mass is 10.2. The van der Waals surface area contributed by atoms with Gasteiger partial charge in [-0.2, -0.15) is 0 Å². The molecule has 2 rings (SSSR count). The second-order valence-electron chi connectivity index (χ2n) is 6.37. The molecular weight excluding hydrogens is 360 g/mol. The summed E-state index contributed by atoms with van der Waals surface area (Å²) in [6.07, 6.45) is 5.96. The number of carbonyl (C=O) groups excluding carboxylic acids is 1. The van der Waals surface area contributed by atoms with E-state index in [9.17, 15) is 14.9 Å². The van der Waals surface area contributed by atoms with Crippen molar-refractivity contribution in [3.8, 4) is 11.5 Å². The zero-order valence-corrected chi connectivity index (χ0v) is 16.1. The Labute approximate surface area is 164 Å². The number of rotatable bonds is 12. The van der Waals surface area contributed by atoms with Gasteiger partial charge in [0.05, 0.1) is 11.5 Å². The lowest BCUT2D eigenvalue weighted by molar-refractivity contribution is -0.384. The first kappa shape index (κ1) is 21.2. The normalized spacial score (nSPS) is 10.3. The molecule has 1 amide bonds. The fourth-order valence-electron chi connectivity index (χ4n) is 2.54. The molecule has 0 fully saturated rings. The van der Waals surface area contributed by atoms with Gasteiger partial charge in [0.1, 0.15) is 11.5 Å². The Kier molecular flexibility index (Phi) is 8.78. The third-order valence-electron chi connectivity index (χ3n) is 4.07. The van der Waals surface area contributed by atoms with Crippen molar-refractivity contribution >= 4 is 17.3 Å². The van der Waals surface area contributed by atoms with E-state index in [0.717, 1.165) is 12.2 Å². The van der Waals surface area contributed by atoms with Gasteiger partial charge in [-0.3, -0.25) is 14.9 Å². The zero-order chi connectivity index (χ0) is 20.2. The average molecular weight is 386 g/mol. The maximum Gasteiger partial charge on any atom is 0.269 e. The summed E-state index contributed by atoms with van der Waals surface area (Å²) in [5.41, 5.74) is 0.618. The molecule has 0 aliphatic rings. The SMILES string of the molecule is CCCCCCCOc1ccc(NC(=O)COc2ccc([N+](=O)[O-])cc2)cc1. The number of non-ortho nitro benzene ring substituents is 1. The summed E-state index contributed by atoms with van der Waals surface area (Å²) in [5.74, 6) is 0.849. The maximum absolute atomic E-state index is 12.0. The van der Waals surface area contributed by atoms with Crippen LogP contribution in [0.4, 0.5) is 11.4 Å². The third kappa shape index (κ3) is 7.65. The van der Waals surface area contributed by atoms with Crippen molar-refractivity contribution in [1.29, 1.82) is 0 Å². The molecule has 7 heteroatoms. The molecule has 7 nitrogen and oxygen atoms in total. The molecule has 150 valence electrons. The first-order valence-corrected chi connectivity index (χ1v) is 9.48. The number of anilines is 1. The number of nitro groups is 1. The highest BCUT2D eigenvalue weighted by Gasteiger charge is 2.07. The molecular formula is C21H26N2O5. The molecule has 0 aliphatic carbocycles. The third-order valence-corrected chi connectivity index (χ3v) is 4.07. The molecule has 0 saturated carbocycles. The number of amides is 1. The molecule has 0 saturated heterocycles. The van der Waals surface area contributed by atoms with Crippen LogP contribution in [0.15, 0.2) is 48.5 Å². The number of unbranched alkanes of at least 4 members (excludes halogenated alkanes) is 4. The number of nitrogens with one attached hydrogen (secondary N) is 1. The van der Waals surface area contributed by atoms with E-state index in [1.807, 2.05) is 12.1 Å². The molecule has 0 heterocycles. The highest BCUT2D eigenvalue weighted by atomic mass is 16.6. The van der Waals surface area contributed by atoms with Crippen LogP contribution in [0.25, 0.3) is 0 Å². The van der Waals surface area contributed by atoms with Crippen LogP contribution in [0.3, 0.4) is 0 Å². The Morgan fingerprint density at radius 3 is 2.18 bits per heavy atom. The number of nitro benzene ring substituents is 1. The molecule has 0 radical (unpaired) electrons. The van der Waals surface area contributed by atoms with Gasteiger partial charge in [0.15, 0.2) is 6.61 Å². The Morgan fingerprint density at radius 1 is 0.929 bits per heavy atom. The first-order valence-electron chi connectivity index (χ1n) is 9.48. The quantitative estimate of drug-likeness (QED) is 0.316. The second kappa shape index (κ2) is 11.6. The molecule has 2 aromatic carbocycles. The van der Waals surface area contributed by atoms with Crippen LogP contribution in [0.2, 0.25) is 0 Å². The first-order chi connectivity index (χ1) is 13.6. The van der Waals surface area contributed by atoms with Crippen LogP contribution in [0.1, 0.15) is 39.0 Å². The fourth-order valence-corrected chi connectivity index (χ4v) is 2.54. The van der Waals surface area contributed by atoms with Gasteiger partial charge in [-0.15, -0.1) is 0 Å². The van der Waals surface area contributed by atoms with Gasteiger partial charge in [0, 0.05) is 17.8 Å². The van der Waals surface area contributed by atoms with Crippen LogP contribution in [0, 0.1) is 10.1 Å². The van der Waals surface area contributed by atoms with E-state index >= 15 is 0 Å². The Morgan fingerprint density at radius 2 is 1.54 bits per heavy atom. The molecule has 0 spiro atoms. The molecule has 2 aromatic rings. The number of hydrogen-bond donors (Lipinski definition) is 1. The second-order valence-corrected chi connectivity index (χ2v) is 6.37. The summed E-state index contributed by atoms with van der Waals surface area (Å²) in [4.78, 5) is 22.1. The van der Waals surface area contributed by atoms with E-state index in [2.05, 4.69) is 12.2 Å². The van der Waals surface area contributed by atoms with Gasteiger partial charge in [0.2, 0.25) is 0 Å². The fraction of sp³-hybridized carbons (Fsp3) is 0.381. The van der Waals surface area contributed by atoms with Crippen molar-refractivity contribution in [1.82, 2.24) is 0 Å². The topological polar surface area (TPSA) is 90.7 Å². The van der Waals surface area contributed by atoms with Crippen molar-refractivity contribution in [3.05, 3.63) is 58.6 Å². The van der Waals surface area contributed by atoms with Gasteiger partial charge in [-0.25, -0.2) is 0 Å². The average Bonchev–Trinajstić information content (AvgIpc) is 2.70. The van der Waals surface area contributed by atoms with Crippen molar-refractivity contribution in [2.75, 3.05) is 18.5 Å². The highest BCUT2D eigenvalue weighted by Crippen LogP contribution is 2.18. The molecule has 28 heavy (non-hydrogen) atoms. The zero-order valence-electron chi connectivity index (χ0n) is 16.1. The van der Waals surface area contributed by atoms with Crippen molar-refractivity contribution in [3.63, 3.8) is 0 Å². The Hall–Kier alpha value is -3.09. The van der Waals surface area contributed by atoms with E-state index in [0.29, 0.717) is 18.0 Å². The lowest BCUT2D eigenvalue weighted by Crippen LogP contribution is -2.20. The maximum atomic E-state index is 12.0. The minimum Gasteiger partial charge on any atom is -0.494 e. The van der Waals surface area contributed by atoms with Gasteiger partial charge >= 0.3 is 0 Å². The minimum absolute atomic E-state index is 0.0277. The van der Waals surface area contributed by atoms with Gasteiger partial charge in [-0.1, -0.05) is 32.6 Å². The van der Waals surface area contributed by atoms with Crippen molar-refractivity contribution in [2.24, 2.45) is 0 Å². The number of carbonyl (C=O) groups is 1. The van der Waals surface area contributed by atoms with Crippen LogP contribution in [0.5, 0.6) is 11.5 Å². The van der Waals surface area contributed by atoms with E-state index in [4.69, 9.17) is 9.47 Å². The van der Waals surface area contributed by atoms with E-state index in [1.165, 1.54) is 49.9 Å². The summed E-state index contributed by atoms with van der Waals surface area (Å²) in [6, 6.07) is 12.8. The van der Waals surface area contributed by atoms with Gasteiger partial charge in [0.25, 0.3) is 11.6 Å².